The lowest BCUT2D eigenvalue weighted by Gasteiger charge is -2.34. The summed E-state index contributed by atoms with van der Waals surface area (Å²) in [6.07, 6.45) is 9.77. The van der Waals surface area contributed by atoms with Crippen molar-refractivity contribution in [3.63, 3.8) is 0 Å². The predicted octanol–water partition coefficient (Wildman–Crippen LogP) is 1.12. The first-order valence-electron chi connectivity index (χ1n) is 8.63. The second kappa shape index (κ2) is 8.64. The zero-order valence-corrected chi connectivity index (χ0v) is 14.1. The molecule has 0 aromatic carbocycles. The van der Waals surface area contributed by atoms with Crippen LogP contribution in [0.1, 0.15) is 29.6 Å². The summed E-state index contributed by atoms with van der Waals surface area (Å²) < 4.78 is 0. The normalized spacial score (nSPS) is 18.0. The molecule has 7 nitrogen and oxygen atoms in total. The van der Waals surface area contributed by atoms with Gasteiger partial charge < -0.3 is 10.4 Å². The van der Waals surface area contributed by atoms with Gasteiger partial charge in [-0.15, -0.1) is 0 Å². The average molecular weight is 341 g/mol. The predicted molar refractivity (Wildman–Crippen MR) is 93.9 cm³/mol. The first-order valence-corrected chi connectivity index (χ1v) is 8.63. The Morgan fingerprint density at radius 2 is 2.12 bits per heavy atom. The molecule has 1 aliphatic rings. The van der Waals surface area contributed by atoms with Crippen LogP contribution in [0.3, 0.4) is 0 Å². The van der Waals surface area contributed by atoms with E-state index in [-0.39, 0.29) is 18.6 Å². The number of aromatic nitrogens is 3. The highest BCUT2D eigenvalue weighted by Crippen LogP contribution is 2.15. The minimum Gasteiger partial charge on any atom is -0.395 e. The van der Waals surface area contributed by atoms with Crippen molar-refractivity contribution in [2.75, 3.05) is 26.2 Å². The van der Waals surface area contributed by atoms with Crippen LogP contribution in [0.4, 0.5) is 0 Å². The van der Waals surface area contributed by atoms with Gasteiger partial charge in [-0.25, -0.2) is 9.97 Å². The van der Waals surface area contributed by atoms with Crippen molar-refractivity contribution >= 4 is 5.91 Å². The molecule has 0 spiro atoms. The monoisotopic (exact) mass is 341 g/mol. The summed E-state index contributed by atoms with van der Waals surface area (Å²) in [5, 5.41) is 12.3. The molecule has 0 aliphatic carbocycles. The van der Waals surface area contributed by atoms with Gasteiger partial charge in [-0.3, -0.25) is 14.7 Å². The quantitative estimate of drug-likeness (QED) is 0.818. The fourth-order valence-electron chi connectivity index (χ4n) is 3.07. The third-order valence-corrected chi connectivity index (χ3v) is 4.48. The highest BCUT2D eigenvalue weighted by Gasteiger charge is 2.21. The van der Waals surface area contributed by atoms with Gasteiger partial charge in [-0.05, 0) is 31.5 Å². The van der Waals surface area contributed by atoms with Crippen LogP contribution in [0.5, 0.6) is 0 Å². The highest BCUT2D eigenvalue weighted by atomic mass is 16.3. The van der Waals surface area contributed by atoms with Crippen molar-refractivity contribution in [2.24, 2.45) is 0 Å². The third-order valence-electron chi connectivity index (χ3n) is 4.48. The smallest absolute Gasteiger partial charge is 0.254 e. The van der Waals surface area contributed by atoms with Gasteiger partial charge in [0.25, 0.3) is 5.91 Å². The second-order valence-electron chi connectivity index (χ2n) is 6.16. The molecular formula is C18H23N5O2. The summed E-state index contributed by atoms with van der Waals surface area (Å²) in [4.78, 5) is 27.0. The molecule has 0 radical (unpaired) electrons. The average Bonchev–Trinajstić information content (AvgIpc) is 2.69. The number of aliphatic hydroxyl groups is 1. The molecule has 2 N–H and O–H groups in total. The standard InChI is InChI=1S/C18H23N5O2/c24-13-16-5-1-2-8-23(16)9-7-20-18(25)15-11-21-17(22-12-15)14-4-3-6-19-10-14/h3-4,6,10-12,16,24H,1-2,5,7-9,13H2,(H,20,25)/t16-/m0/s1. The topological polar surface area (TPSA) is 91.2 Å². The van der Waals surface area contributed by atoms with E-state index in [2.05, 4.69) is 25.2 Å². The van der Waals surface area contributed by atoms with E-state index in [1.807, 2.05) is 12.1 Å². The molecule has 2 aromatic rings. The number of amides is 1. The number of carbonyl (C=O) groups excluding carboxylic acids is 1. The summed E-state index contributed by atoms with van der Waals surface area (Å²) in [6.45, 7) is 2.44. The number of nitrogens with one attached hydrogen (secondary N) is 1. The van der Waals surface area contributed by atoms with E-state index in [0.717, 1.165) is 37.9 Å². The summed E-state index contributed by atoms with van der Waals surface area (Å²) in [7, 11) is 0. The Bertz CT molecular complexity index is 678. The van der Waals surface area contributed by atoms with Crippen LogP contribution < -0.4 is 5.32 Å². The molecule has 1 saturated heterocycles. The molecule has 25 heavy (non-hydrogen) atoms. The van der Waals surface area contributed by atoms with Gasteiger partial charge in [-0.2, -0.15) is 0 Å². The molecule has 0 saturated carbocycles. The molecule has 0 unspecified atom stereocenters. The maximum Gasteiger partial charge on any atom is 0.254 e. The Morgan fingerprint density at radius 3 is 2.84 bits per heavy atom. The zero-order valence-electron chi connectivity index (χ0n) is 14.1. The fourth-order valence-corrected chi connectivity index (χ4v) is 3.07. The van der Waals surface area contributed by atoms with Gasteiger partial charge in [0.1, 0.15) is 0 Å². The maximum atomic E-state index is 12.2. The number of aliphatic hydroxyl groups excluding tert-OH is 1. The molecule has 132 valence electrons. The van der Waals surface area contributed by atoms with E-state index in [0.29, 0.717) is 17.9 Å². The van der Waals surface area contributed by atoms with Crippen LogP contribution in [-0.2, 0) is 0 Å². The van der Waals surface area contributed by atoms with E-state index in [1.54, 1.807) is 12.4 Å². The molecule has 1 aliphatic heterocycles. The van der Waals surface area contributed by atoms with E-state index < -0.39 is 0 Å². The Labute approximate surface area is 147 Å². The maximum absolute atomic E-state index is 12.2. The van der Waals surface area contributed by atoms with Gasteiger partial charge in [-0.1, -0.05) is 6.42 Å². The Hall–Kier alpha value is -2.38. The Balaban J connectivity index is 1.51. The molecule has 7 heteroatoms. The van der Waals surface area contributed by atoms with Crippen molar-refractivity contribution in [3.05, 3.63) is 42.5 Å². The van der Waals surface area contributed by atoms with Crippen LogP contribution in [0.2, 0.25) is 0 Å². The van der Waals surface area contributed by atoms with Crippen LogP contribution >= 0.6 is 0 Å². The van der Waals surface area contributed by atoms with Crippen molar-refractivity contribution in [1.82, 2.24) is 25.2 Å². The SMILES string of the molecule is O=C(NCCN1CCCC[C@H]1CO)c1cnc(-c2cccnc2)nc1. The van der Waals surface area contributed by atoms with Crippen molar-refractivity contribution in [2.45, 2.75) is 25.3 Å². The molecule has 1 atom stereocenters. The Morgan fingerprint density at radius 1 is 1.28 bits per heavy atom. The van der Waals surface area contributed by atoms with Gasteiger partial charge in [0.2, 0.25) is 0 Å². The van der Waals surface area contributed by atoms with E-state index in [1.165, 1.54) is 12.4 Å². The van der Waals surface area contributed by atoms with E-state index >= 15 is 0 Å². The number of hydrogen-bond donors (Lipinski definition) is 2. The summed E-state index contributed by atoms with van der Waals surface area (Å²) in [5.41, 5.74) is 1.25. The summed E-state index contributed by atoms with van der Waals surface area (Å²) in [6, 6.07) is 3.91. The summed E-state index contributed by atoms with van der Waals surface area (Å²) >= 11 is 0. The minimum absolute atomic E-state index is 0.178. The largest absolute Gasteiger partial charge is 0.395 e. The van der Waals surface area contributed by atoms with E-state index in [9.17, 15) is 9.90 Å². The minimum atomic E-state index is -0.185. The lowest BCUT2D eigenvalue weighted by molar-refractivity contribution is 0.0849. The molecule has 2 aromatic heterocycles. The first kappa shape index (κ1) is 17.4. The lowest BCUT2D eigenvalue weighted by Crippen LogP contribution is -2.45. The first-order chi connectivity index (χ1) is 12.3. The number of rotatable bonds is 6. The van der Waals surface area contributed by atoms with Gasteiger partial charge >= 0.3 is 0 Å². The van der Waals surface area contributed by atoms with Crippen LogP contribution in [0.25, 0.3) is 11.4 Å². The lowest BCUT2D eigenvalue weighted by atomic mass is 10.0. The van der Waals surface area contributed by atoms with Crippen molar-refractivity contribution in [1.29, 1.82) is 0 Å². The number of pyridine rings is 1. The number of likely N-dealkylation sites (tertiary alicyclic amines) is 1. The number of hydrogen-bond acceptors (Lipinski definition) is 6. The Kier molecular flexibility index (Phi) is 6.03. The number of nitrogens with zero attached hydrogens (tertiary/aromatic N) is 4. The third kappa shape index (κ3) is 4.58. The van der Waals surface area contributed by atoms with Crippen LogP contribution in [0.15, 0.2) is 36.9 Å². The van der Waals surface area contributed by atoms with Crippen molar-refractivity contribution in [3.8, 4) is 11.4 Å². The van der Waals surface area contributed by atoms with Crippen molar-refractivity contribution < 1.29 is 9.90 Å². The molecule has 3 heterocycles. The van der Waals surface area contributed by atoms with Gasteiger partial charge in [0, 0.05) is 49.5 Å². The number of piperidine rings is 1. The fraction of sp³-hybridized carbons (Fsp3) is 0.444. The second-order valence-corrected chi connectivity index (χ2v) is 6.16. The summed E-state index contributed by atoms with van der Waals surface area (Å²) in [5.74, 6) is 0.360. The van der Waals surface area contributed by atoms with Gasteiger partial charge in [0.15, 0.2) is 5.82 Å². The molecule has 1 fully saturated rings. The van der Waals surface area contributed by atoms with Gasteiger partial charge in [0.05, 0.1) is 12.2 Å². The van der Waals surface area contributed by atoms with Crippen LogP contribution in [-0.4, -0.2) is 63.1 Å². The van der Waals surface area contributed by atoms with Crippen LogP contribution in [0, 0.1) is 0 Å². The highest BCUT2D eigenvalue weighted by molar-refractivity contribution is 5.93. The number of carbonyl (C=O) groups is 1. The molecular weight excluding hydrogens is 318 g/mol. The molecule has 1 amide bonds. The van der Waals surface area contributed by atoms with E-state index in [4.69, 9.17) is 0 Å². The molecule has 0 bridgehead atoms. The molecule has 3 rings (SSSR count). The zero-order chi connectivity index (χ0) is 17.5.